The number of rotatable bonds is 6. The fourth-order valence-electron chi connectivity index (χ4n) is 3.88. The first-order valence-electron chi connectivity index (χ1n) is 9.91. The lowest BCUT2D eigenvalue weighted by atomic mass is 10.1. The van der Waals surface area contributed by atoms with E-state index in [1.165, 1.54) is 55.2 Å². The summed E-state index contributed by atoms with van der Waals surface area (Å²) in [6, 6.07) is 0. The zero-order valence-corrected chi connectivity index (χ0v) is 16.7. The van der Waals surface area contributed by atoms with Gasteiger partial charge >= 0.3 is 0 Å². The lowest BCUT2D eigenvalue weighted by Crippen LogP contribution is -2.41. The average molecular weight is 364 g/mol. The van der Waals surface area contributed by atoms with E-state index in [9.17, 15) is 0 Å². The van der Waals surface area contributed by atoms with Crippen LogP contribution in [0.3, 0.4) is 0 Å². The Balaban J connectivity index is 1.48. The van der Waals surface area contributed by atoms with E-state index in [0.717, 1.165) is 44.5 Å². The minimum absolute atomic E-state index is 0.795. The molecule has 0 bridgehead atoms. The molecule has 2 aliphatic heterocycles. The van der Waals surface area contributed by atoms with Gasteiger partial charge in [-0.1, -0.05) is 6.42 Å². The first-order chi connectivity index (χ1) is 12.2. The lowest BCUT2D eigenvalue weighted by Gasteiger charge is -2.29. The molecule has 0 radical (unpaired) electrons. The van der Waals surface area contributed by atoms with E-state index in [-0.39, 0.29) is 0 Å². The number of piperidine rings is 1. The molecule has 0 saturated carbocycles. The minimum Gasteiger partial charge on any atom is -0.357 e. The number of guanidine groups is 1. The van der Waals surface area contributed by atoms with Crippen LogP contribution in [0, 0.1) is 12.8 Å². The third-order valence-corrected chi connectivity index (χ3v) is 6.11. The van der Waals surface area contributed by atoms with Crippen molar-refractivity contribution >= 4 is 17.3 Å². The number of aryl methyl sites for hydroxylation is 1. The minimum atomic E-state index is 0.795. The Bertz CT molecular complexity index is 550. The van der Waals surface area contributed by atoms with Crippen molar-refractivity contribution in [2.45, 2.75) is 46.0 Å². The van der Waals surface area contributed by atoms with Crippen LogP contribution >= 0.6 is 11.3 Å². The number of hydrogen-bond acceptors (Lipinski definition) is 4. The number of aromatic nitrogens is 1. The van der Waals surface area contributed by atoms with E-state index >= 15 is 0 Å². The van der Waals surface area contributed by atoms with Crippen molar-refractivity contribution in [3.63, 3.8) is 0 Å². The first kappa shape index (κ1) is 18.6. The maximum Gasteiger partial charge on any atom is 0.193 e. The maximum absolute atomic E-state index is 4.87. The number of nitrogens with zero attached hydrogens (tertiary/aromatic N) is 4. The first-order valence-corrected chi connectivity index (χ1v) is 10.7. The smallest absolute Gasteiger partial charge is 0.193 e. The Kier molecular flexibility index (Phi) is 7.11. The molecule has 0 amide bonds. The Morgan fingerprint density at radius 3 is 2.88 bits per heavy atom. The summed E-state index contributed by atoms with van der Waals surface area (Å²) in [4.78, 5) is 15.7. The third-order valence-electron chi connectivity index (χ3n) is 5.14. The van der Waals surface area contributed by atoms with Gasteiger partial charge < -0.3 is 15.1 Å². The molecule has 1 N–H and O–H groups in total. The van der Waals surface area contributed by atoms with Crippen LogP contribution in [0.4, 0.5) is 0 Å². The molecular weight excluding hydrogens is 330 g/mol. The molecule has 0 aromatic carbocycles. The standard InChI is InChI=1S/C19H33N5S/c1-3-20-19(21-9-7-18-22-13-16(2)25-18)24-12-8-17(15-24)14-23-10-5-4-6-11-23/h13,17H,3-12,14-15H2,1-2H3,(H,20,21). The van der Waals surface area contributed by atoms with Gasteiger partial charge in [-0.25, -0.2) is 4.98 Å². The van der Waals surface area contributed by atoms with Crippen molar-refractivity contribution < 1.29 is 0 Å². The quantitative estimate of drug-likeness (QED) is 0.623. The number of hydrogen-bond donors (Lipinski definition) is 1. The molecule has 5 nitrogen and oxygen atoms in total. The summed E-state index contributed by atoms with van der Waals surface area (Å²) < 4.78 is 0. The van der Waals surface area contributed by atoms with Gasteiger partial charge in [0.25, 0.3) is 0 Å². The predicted octanol–water partition coefficient (Wildman–Crippen LogP) is 2.77. The summed E-state index contributed by atoms with van der Waals surface area (Å²) in [7, 11) is 0. The van der Waals surface area contributed by atoms with E-state index in [1.807, 2.05) is 6.20 Å². The molecule has 1 atom stereocenters. The van der Waals surface area contributed by atoms with Gasteiger partial charge in [0, 0.05) is 50.2 Å². The topological polar surface area (TPSA) is 43.8 Å². The molecule has 25 heavy (non-hydrogen) atoms. The van der Waals surface area contributed by atoms with Crippen molar-refractivity contribution in [1.29, 1.82) is 0 Å². The van der Waals surface area contributed by atoms with E-state index in [4.69, 9.17) is 4.99 Å². The van der Waals surface area contributed by atoms with E-state index in [2.05, 4.69) is 33.9 Å². The van der Waals surface area contributed by atoms with Gasteiger partial charge in [-0.15, -0.1) is 11.3 Å². The van der Waals surface area contributed by atoms with Gasteiger partial charge in [0.15, 0.2) is 5.96 Å². The number of likely N-dealkylation sites (tertiary alicyclic amines) is 2. The Hall–Kier alpha value is -1.14. The average Bonchev–Trinajstić information content (AvgIpc) is 3.24. The summed E-state index contributed by atoms with van der Waals surface area (Å²) >= 11 is 1.78. The second kappa shape index (κ2) is 9.53. The highest BCUT2D eigenvalue weighted by Crippen LogP contribution is 2.20. The molecule has 1 unspecified atom stereocenters. The highest BCUT2D eigenvalue weighted by atomic mass is 32.1. The van der Waals surface area contributed by atoms with E-state index < -0.39 is 0 Å². The van der Waals surface area contributed by atoms with Crippen molar-refractivity contribution in [2.75, 3.05) is 45.8 Å². The lowest BCUT2D eigenvalue weighted by molar-refractivity contribution is 0.198. The highest BCUT2D eigenvalue weighted by Gasteiger charge is 2.26. The largest absolute Gasteiger partial charge is 0.357 e. The summed E-state index contributed by atoms with van der Waals surface area (Å²) in [5.74, 6) is 1.89. The van der Waals surface area contributed by atoms with Crippen LogP contribution < -0.4 is 5.32 Å². The Morgan fingerprint density at radius 1 is 1.32 bits per heavy atom. The molecule has 1 aromatic heterocycles. The number of nitrogens with one attached hydrogen (secondary N) is 1. The normalized spacial score (nSPS) is 22.6. The van der Waals surface area contributed by atoms with Crippen molar-refractivity contribution in [2.24, 2.45) is 10.9 Å². The van der Waals surface area contributed by atoms with Gasteiger partial charge in [-0.3, -0.25) is 4.99 Å². The Morgan fingerprint density at radius 2 is 2.16 bits per heavy atom. The highest BCUT2D eigenvalue weighted by molar-refractivity contribution is 7.11. The van der Waals surface area contributed by atoms with Crippen molar-refractivity contribution in [3.05, 3.63) is 16.1 Å². The zero-order valence-electron chi connectivity index (χ0n) is 15.8. The van der Waals surface area contributed by atoms with Gasteiger partial charge in [0.05, 0.1) is 5.01 Å². The van der Waals surface area contributed by atoms with Crippen molar-refractivity contribution in [3.8, 4) is 0 Å². The summed E-state index contributed by atoms with van der Waals surface area (Å²) in [5.41, 5.74) is 0. The van der Waals surface area contributed by atoms with E-state index in [0.29, 0.717) is 0 Å². The van der Waals surface area contributed by atoms with Crippen LogP contribution in [0.1, 0.15) is 42.5 Å². The second-order valence-electron chi connectivity index (χ2n) is 7.31. The van der Waals surface area contributed by atoms with Crippen LogP contribution in [0.2, 0.25) is 0 Å². The van der Waals surface area contributed by atoms with Crippen LogP contribution in [-0.4, -0.2) is 66.6 Å². The van der Waals surface area contributed by atoms with Crippen LogP contribution in [0.25, 0.3) is 0 Å². The van der Waals surface area contributed by atoms with Crippen LogP contribution in [0.5, 0.6) is 0 Å². The molecule has 140 valence electrons. The fraction of sp³-hybridized carbons (Fsp3) is 0.789. The SMILES string of the molecule is CCNC(=NCCc1ncc(C)s1)N1CCC(CN2CCCCC2)C1. The molecule has 3 heterocycles. The van der Waals surface area contributed by atoms with Gasteiger partial charge in [-0.2, -0.15) is 0 Å². The van der Waals surface area contributed by atoms with Gasteiger partial charge in [0.2, 0.25) is 0 Å². The summed E-state index contributed by atoms with van der Waals surface area (Å²) in [6.07, 6.45) is 8.39. The summed E-state index contributed by atoms with van der Waals surface area (Å²) in [6.45, 7) is 12.2. The molecule has 0 spiro atoms. The molecule has 6 heteroatoms. The molecule has 2 aliphatic rings. The number of thiazole rings is 1. The third kappa shape index (κ3) is 5.68. The Labute approximate surface area is 156 Å². The molecule has 2 saturated heterocycles. The summed E-state index contributed by atoms with van der Waals surface area (Å²) in [5, 5.41) is 4.68. The number of aliphatic imine (C=N–C) groups is 1. The molecule has 0 aliphatic carbocycles. The van der Waals surface area contributed by atoms with Gasteiger partial charge in [-0.05, 0) is 52.1 Å². The van der Waals surface area contributed by atoms with Gasteiger partial charge in [0.1, 0.15) is 0 Å². The molecular formula is C19H33N5S. The van der Waals surface area contributed by atoms with Crippen molar-refractivity contribution in [1.82, 2.24) is 20.1 Å². The zero-order chi connectivity index (χ0) is 17.5. The van der Waals surface area contributed by atoms with Crippen LogP contribution in [0.15, 0.2) is 11.2 Å². The molecule has 1 aromatic rings. The second-order valence-corrected chi connectivity index (χ2v) is 8.63. The monoisotopic (exact) mass is 363 g/mol. The molecule has 2 fully saturated rings. The fourth-order valence-corrected chi connectivity index (χ4v) is 4.66. The molecule has 3 rings (SSSR count). The predicted molar refractivity (Wildman–Crippen MR) is 107 cm³/mol. The van der Waals surface area contributed by atoms with Crippen LogP contribution in [-0.2, 0) is 6.42 Å². The maximum atomic E-state index is 4.87. The van der Waals surface area contributed by atoms with E-state index in [1.54, 1.807) is 11.3 Å².